The summed E-state index contributed by atoms with van der Waals surface area (Å²) in [4.78, 5) is 24.0. The van der Waals surface area contributed by atoms with Crippen molar-refractivity contribution in [1.29, 1.82) is 0 Å². The van der Waals surface area contributed by atoms with Crippen molar-refractivity contribution in [2.75, 3.05) is 19.7 Å². The van der Waals surface area contributed by atoms with Gasteiger partial charge in [-0.3, -0.25) is 9.69 Å². The maximum absolute atomic E-state index is 11.1. The molecule has 0 saturated carbocycles. The van der Waals surface area contributed by atoms with Gasteiger partial charge in [0.25, 0.3) is 0 Å². The summed E-state index contributed by atoms with van der Waals surface area (Å²) < 4.78 is 5.26. The van der Waals surface area contributed by atoms with Gasteiger partial charge in [0.2, 0.25) is 5.91 Å². The third-order valence-electron chi connectivity index (χ3n) is 3.05. The summed E-state index contributed by atoms with van der Waals surface area (Å²) in [6, 6.07) is 6.76. The summed E-state index contributed by atoms with van der Waals surface area (Å²) in [7, 11) is 0. The molecule has 3 N–H and O–H groups in total. The number of carbonyl (C=O) groups is 2. The van der Waals surface area contributed by atoms with Crippen molar-refractivity contribution < 1.29 is 19.4 Å². The number of hydrogen-bond donors (Lipinski definition) is 2. The predicted octanol–water partition coefficient (Wildman–Crippen LogP) is 0.0709. The number of ether oxygens (including phenoxy) is 1. The number of morpholine rings is 1. The Kier molecular flexibility index (Phi) is 4.13. The largest absolute Gasteiger partial charge is 0.478 e. The molecule has 0 aliphatic carbocycles. The number of primary amides is 1. The predicted molar refractivity (Wildman–Crippen MR) is 67.6 cm³/mol. The number of hydrogen-bond acceptors (Lipinski definition) is 4. The molecule has 1 saturated heterocycles. The summed E-state index contributed by atoms with van der Waals surface area (Å²) in [6.45, 7) is 2.16. The number of benzene rings is 1. The summed E-state index contributed by atoms with van der Waals surface area (Å²) in [6.07, 6.45) is -0.587. The Morgan fingerprint density at radius 3 is 2.95 bits per heavy atom. The van der Waals surface area contributed by atoms with E-state index in [9.17, 15) is 9.59 Å². The number of carboxylic acid groups (broad SMARTS) is 1. The van der Waals surface area contributed by atoms with Gasteiger partial charge in [-0.05, 0) is 17.7 Å². The third-order valence-corrected chi connectivity index (χ3v) is 3.05. The second-order valence-electron chi connectivity index (χ2n) is 4.50. The van der Waals surface area contributed by atoms with E-state index in [4.69, 9.17) is 15.6 Å². The zero-order chi connectivity index (χ0) is 13.8. The molecule has 0 spiro atoms. The zero-order valence-electron chi connectivity index (χ0n) is 10.4. The van der Waals surface area contributed by atoms with E-state index in [-0.39, 0.29) is 5.56 Å². The second kappa shape index (κ2) is 5.81. The summed E-state index contributed by atoms with van der Waals surface area (Å²) >= 11 is 0. The maximum atomic E-state index is 11.1. The molecule has 1 fully saturated rings. The molecule has 1 aromatic carbocycles. The summed E-state index contributed by atoms with van der Waals surface area (Å²) in [5, 5.41) is 8.94. The van der Waals surface area contributed by atoms with E-state index < -0.39 is 18.0 Å². The second-order valence-corrected chi connectivity index (χ2v) is 4.50. The van der Waals surface area contributed by atoms with Crippen LogP contribution < -0.4 is 5.73 Å². The van der Waals surface area contributed by atoms with Crippen LogP contribution in [0, 0.1) is 0 Å². The molecule has 19 heavy (non-hydrogen) atoms. The van der Waals surface area contributed by atoms with E-state index >= 15 is 0 Å². The van der Waals surface area contributed by atoms with Gasteiger partial charge >= 0.3 is 5.97 Å². The smallest absolute Gasteiger partial charge is 0.335 e. The fourth-order valence-corrected chi connectivity index (χ4v) is 2.08. The van der Waals surface area contributed by atoms with Gasteiger partial charge in [0.05, 0.1) is 12.2 Å². The third kappa shape index (κ3) is 3.52. The molecule has 1 amide bonds. The molecule has 1 unspecified atom stereocenters. The van der Waals surface area contributed by atoms with Gasteiger partial charge in [-0.15, -0.1) is 0 Å². The van der Waals surface area contributed by atoms with E-state index in [0.717, 1.165) is 5.56 Å². The van der Waals surface area contributed by atoms with Crippen molar-refractivity contribution >= 4 is 11.9 Å². The monoisotopic (exact) mass is 264 g/mol. The molecule has 6 nitrogen and oxygen atoms in total. The molecule has 0 radical (unpaired) electrons. The lowest BCUT2D eigenvalue weighted by Crippen LogP contribution is -2.47. The molecule has 6 heteroatoms. The zero-order valence-corrected chi connectivity index (χ0v) is 10.4. The van der Waals surface area contributed by atoms with Crippen LogP contribution in [0.2, 0.25) is 0 Å². The van der Waals surface area contributed by atoms with Crippen LogP contribution in [0.3, 0.4) is 0 Å². The number of nitrogens with zero attached hydrogens (tertiary/aromatic N) is 1. The van der Waals surface area contributed by atoms with E-state index in [2.05, 4.69) is 0 Å². The average molecular weight is 264 g/mol. The van der Waals surface area contributed by atoms with Crippen molar-refractivity contribution in [1.82, 2.24) is 4.90 Å². The van der Waals surface area contributed by atoms with E-state index in [1.54, 1.807) is 18.2 Å². The SMILES string of the molecule is NC(=O)C1CN(Cc2cccc(C(=O)O)c2)CCO1. The highest BCUT2D eigenvalue weighted by Crippen LogP contribution is 2.12. The number of aromatic carboxylic acids is 1. The fourth-order valence-electron chi connectivity index (χ4n) is 2.08. The van der Waals surface area contributed by atoms with E-state index in [0.29, 0.717) is 26.2 Å². The van der Waals surface area contributed by atoms with Crippen LogP contribution in [0.15, 0.2) is 24.3 Å². The first-order chi connectivity index (χ1) is 9.06. The van der Waals surface area contributed by atoms with E-state index in [1.807, 2.05) is 11.0 Å². The highest BCUT2D eigenvalue weighted by Gasteiger charge is 2.24. The Labute approximate surface area is 110 Å². The normalized spacial score (nSPS) is 20.1. The molecule has 1 aromatic rings. The molecule has 102 valence electrons. The number of carboxylic acids is 1. The van der Waals surface area contributed by atoms with Crippen LogP contribution in [0.5, 0.6) is 0 Å². The molecule has 1 aliphatic heterocycles. The van der Waals surface area contributed by atoms with Gasteiger partial charge in [0, 0.05) is 19.6 Å². The molecule has 1 heterocycles. The molecule has 1 aliphatic rings. The first-order valence-corrected chi connectivity index (χ1v) is 6.02. The van der Waals surface area contributed by atoms with Crippen molar-refractivity contribution in [2.45, 2.75) is 12.6 Å². The molecule has 0 bridgehead atoms. The minimum absolute atomic E-state index is 0.261. The quantitative estimate of drug-likeness (QED) is 0.802. The molecular weight excluding hydrogens is 248 g/mol. The van der Waals surface area contributed by atoms with Crippen LogP contribution >= 0.6 is 0 Å². The Morgan fingerprint density at radius 1 is 1.47 bits per heavy atom. The van der Waals surface area contributed by atoms with Crippen LogP contribution in [0.25, 0.3) is 0 Å². The summed E-state index contributed by atoms with van der Waals surface area (Å²) in [5.74, 6) is -1.41. The lowest BCUT2D eigenvalue weighted by molar-refractivity contribution is -0.135. The van der Waals surface area contributed by atoms with Gasteiger partial charge < -0.3 is 15.6 Å². The lowest BCUT2D eigenvalue weighted by atomic mass is 10.1. The van der Waals surface area contributed by atoms with Crippen molar-refractivity contribution in [3.05, 3.63) is 35.4 Å². The number of amides is 1. The number of carbonyl (C=O) groups excluding carboxylic acids is 1. The molecular formula is C13H16N2O4. The van der Waals surface area contributed by atoms with Gasteiger partial charge in [0.1, 0.15) is 6.10 Å². The minimum atomic E-state index is -0.946. The molecule has 1 atom stereocenters. The Hall–Kier alpha value is -1.92. The van der Waals surface area contributed by atoms with Gasteiger partial charge in [-0.2, -0.15) is 0 Å². The average Bonchev–Trinajstić information content (AvgIpc) is 2.39. The lowest BCUT2D eigenvalue weighted by Gasteiger charge is -2.31. The Morgan fingerprint density at radius 2 is 2.26 bits per heavy atom. The Bertz CT molecular complexity index is 489. The van der Waals surface area contributed by atoms with Crippen molar-refractivity contribution in [3.8, 4) is 0 Å². The highest BCUT2D eigenvalue weighted by atomic mass is 16.5. The van der Waals surface area contributed by atoms with Crippen LogP contribution in [0.1, 0.15) is 15.9 Å². The Balaban J connectivity index is 2.02. The van der Waals surface area contributed by atoms with Gasteiger partial charge in [0.15, 0.2) is 0 Å². The topological polar surface area (TPSA) is 92.9 Å². The van der Waals surface area contributed by atoms with Crippen molar-refractivity contribution in [2.24, 2.45) is 5.73 Å². The molecule has 2 rings (SSSR count). The summed E-state index contributed by atoms with van der Waals surface area (Å²) in [5.41, 5.74) is 6.37. The first kappa shape index (κ1) is 13.5. The van der Waals surface area contributed by atoms with Crippen LogP contribution in [-0.4, -0.2) is 47.7 Å². The van der Waals surface area contributed by atoms with Crippen molar-refractivity contribution in [3.63, 3.8) is 0 Å². The van der Waals surface area contributed by atoms with Crippen LogP contribution in [0.4, 0.5) is 0 Å². The standard InChI is InChI=1S/C13H16N2O4/c14-12(16)11-8-15(4-5-19-11)7-9-2-1-3-10(6-9)13(17)18/h1-3,6,11H,4-5,7-8H2,(H2,14,16)(H,17,18). The number of rotatable bonds is 4. The minimum Gasteiger partial charge on any atom is -0.478 e. The molecule has 0 aromatic heterocycles. The van der Waals surface area contributed by atoms with Gasteiger partial charge in [-0.25, -0.2) is 4.79 Å². The first-order valence-electron chi connectivity index (χ1n) is 6.02. The van der Waals surface area contributed by atoms with Crippen LogP contribution in [-0.2, 0) is 16.1 Å². The fraction of sp³-hybridized carbons (Fsp3) is 0.385. The van der Waals surface area contributed by atoms with E-state index in [1.165, 1.54) is 0 Å². The highest BCUT2D eigenvalue weighted by molar-refractivity contribution is 5.87. The maximum Gasteiger partial charge on any atom is 0.335 e. The number of nitrogens with two attached hydrogens (primary N) is 1. The van der Waals surface area contributed by atoms with Gasteiger partial charge in [-0.1, -0.05) is 12.1 Å².